The van der Waals surface area contributed by atoms with Crippen molar-refractivity contribution in [1.82, 2.24) is 0 Å². The zero-order chi connectivity index (χ0) is 15.5. The molecule has 13 heteroatoms. The Morgan fingerprint density at radius 1 is 0.526 bits per heavy atom. The first-order valence-corrected chi connectivity index (χ1v) is 3.26. The van der Waals surface area contributed by atoms with Gasteiger partial charge in [-0.05, 0) is 0 Å². The van der Waals surface area contributed by atoms with E-state index < -0.39 is 35.8 Å². The Labute approximate surface area is 113 Å². The van der Waals surface area contributed by atoms with Crippen molar-refractivity contribution in [1.29, 1.82) is 0 Å². The summed E-state index contributed by atoms with van der Waals surface area (Å²) < 4.78 is 0. The van der Waals surface area contributed by atoms with Crippen molar-refractivity contribution in [2.75, 3.05) is 0 Å². The fourth-order valence-electron chi connectivity index (χ4n) is 0. The van der Waals surface area contributed by atoms with E-state index >= 15 is 0 Å². The van der Waals surface area contributed by atoms with E-state index in [2.05, 4.69) is 0 Å². The Morgan fingerprint density at radius 2 is 0.579 bits per heavy atom. The minimum Gasteiger partial charge on any atom is -0.539 e. The molecule has 0 spiro atoms. The molecule has 0 saturated heterocycles. The van der Waals surface area contributed by atoms with Crippen LogP contribution >= 0.6 is 0 Å². The molecule has 3 N–H and O–H groups in total. The Kier molecular flexibility index (Phi) is 17.8. The third kappa shape index (κ3) is 31.3. The van der Waals surface area contributed by atoms with Crippen LogP contribution in [0, 0.1) is 0 Å². The van der Waals surface area contributed by atoms with E-state index in [9.17, 15) is 0 Å². The first kappa shape index (κ1) is 25.3. The molecule has 0 aliphatic carbocycles. The number of rotatable bonds is 0. The number of hydrogen-bond acceptors (Lipinski definition) is 9. The van der Waals surface area contributed by atoms with E-state index in [0.29, 0.717) is 0 Å². The van der Waals surface area contributed by atoms with Gasteiger partial charge in [0.15, 0.2) is 17.9 Å². The summed E-state index contributed by atoms with van der Waals surface area (Å²) in [5.41, 5.74) is 0. The molecule has 0 bridgehead atoms. The standard InChI is InChI=1S/3C2H2O4.Fe/c3*3-1(4)2(5)6;/h3*(H,3,4)(H,5,6);/q;;;+3/p-3. The average molecular weight is 323 g/mol. The minimum absolute atomic E-state index is 0. The molecule has 0 aliphatic heterocycles. The van der Waals surface area contributed by atoms with Crippen molar-refractivity contribution in [3.8, 4) is 0 Å². The van der Waals surface area contributed by atoms with E-state index in [0.717, 1.165) is 0 Å². The first-order valence-electron chi connectivity index (χ1n) is 3.26. The molecule has 0 aromatic rings. The summed E-state index contributed by atoms with van der Waals surface area (Å²) in [7, 11) is 0. The van der Waals surface area contributed by atoms with Gasteiger partial charge in [0.05, 0.1) is 0 Å². The van der Waals surface area contributed by atoms with Gasteiger partial charge in [-0.25, -0.2) is 14.4 Å². The maximum Gasteiger partial charge on any atom is 3.00 e. The van der Waals surface area contributed by atoms with Crippen molar-refractivity contribution in [3.05, 3.63) is 0 Å². The predicted molar refractivity (Wildman–Crippen MR) is 37.9 cm³/mol. The molecule has 12 nitrogen and oxygen atoms in total. The van der Waals surface area contributed by atoms with Gasteiger partial charge in [-0.3, -0.25) is 0 Å². The van der Waals surface area contributed by atoms with Gasteiger partial charge in [0.2, 0.25) is 0 Å². The SMILES string of the molecule is O=C([O-])C(=O)O.O=C([O-])C(=O)O.O=C([O-])C(=O)O.[Fe+3]. The second kappa shape index (κ2) is 13.4. The Balaban J connectivity index is -0.0000000865. The quantitative estimate of drug-likeness (QED) is 0.279. The molecule has 107 valence electrons. The Morgan fingerprint density at radius 3 is 0.579 bits per heavy atom. The largest absolute Gasteiger partial charge is 3.00 e. The molecule has 0 amide bonds. The molecule has 0 unspecified atom stereocenters. The molecule has 0 saturated carbocycles. The van der Waals surface area contributed by atoms with Crippen LogP contribution in [0.2, 0.25) is 0 Å². The number of carboxylic acid groups (broad SMARTS) is 6. The van der Waals surface area contributed by atoms with Gasteiger partial charge in [-0.2, -0.15) is 0 Å². The predicted octanol–water partition coefficient (Wildman–Crippen LogP) is -6.54. The molecule has 0 aromatic heterocycles. The normalized spacial score (nSPS) is 6.95. The zero-order valence-electron chi connectivity index (χ0n) is 8.37. The molecular weight excluding hydrogens is 320 g/mol. The summed E-state index contributed by atoms with van der Waals surface area (Å²) in [6.07, 6.45) is 0. The van der Waals surface area contributed by atoms with Crippen molar-refractivity contribution < 1.29 is 76.5 Å². The monoisotopic (exact) mass is 323 g/mol. The smallest absolute Gasteiger partial charge is 0.539 e. The Hall–Kier alpha value is -2.66. The zero-order valence-corrected chi connectivity index (χ0v) is 9.47. The summed E-state index contributed by atoms with van der Waals surface area (Å²) in [5.74, 6) is -12.0. The van der Waals surface area contributed by atoms with E-state index in [4.69, 9.17) is 59.4 Å². The molecular formula is C6H3FeO12. The van der Waals surface area contributed by atoms with E-state index in [-0.39, 0.29) is 17.1 Å². The van der Waals surface area contributed by atoms with Gasteiger partial charge in [0, 0.05) is 0 Å². The van der Waals surface area contributed by atoms with E-state index in [1.165, 1.54) is 0 Å². The van der Waals surface area contributed by atoms with Gasteiger partial charge in [-0.1, -0.05) is 0 Å². The van der Waals surface area contributed by atoms with Gasteiger partial charge in [0.25, 0.3) is 0 Å². The number of carbonyl (C=O) groups excluding carboxylic acids is 3. The van der Waals surface area contributed by atoms with Gasteiger partial charge in [-0.15, -0.1) is 0 Å². The van der Waals surface area contributed by atoms with Crippen LogP contribution in [-0.4, -0.2) is 51.1 Å². The van der Waals surface area contributed by atoms with Crippen LogP contribution in [0.15, 0.2) is 0 Å². The third-order valence-corrected chi connectivity index (χ3v) is 0.524. The van der Waals surface area contributed by atoms with Gasteiger partial charge in [0.1, 0.15) is 0 Å². The number of carbonyl (C=O) groups is 6. The van der Waals surface area contributed by atoms with Gasteiger partial charge < -0.3 is 45.0 Å². The summed E-state index contributed by atoms with van der Waals surface area (Å²) in [4.78, 5) is 54.1. The first-order chi connectivity index (χ1) is 7.93. The van der Waals surface area contributed by atoms with Crippen LogP contribution in [0.3, 0.4) is 0 Å². The van der Waals surface area contributed by atoms with Gasteiger partial charge >= 0.3 is 35.0 Å². The van der Waals surface area contributed by atoms with Crippen LogP contribution in [0.25, 0.3) is 0 Å². The summed E-state index contributed by atoms with van der Waals surface area (Å²) >= 11 is 0. The van der Waals surface area contributed by atoms with Crippen molar-refractivity contribution >= 4 is 35.8 Å². The Bertz CT molecular complexity index is 277. The van der Waals surface area contributed by atoms with Crippen LogP contribution in [0.5, 0.6) is 0 Å². The van der Waals surface area contributed by atoms with Crippen molar-refractivity contribution in [2.45, 2.75) is 0 Å². The van der Waals surface area contributed by atoms with Crippen LogP contribution in [0.1, 0.15) is 0 Å². The summed E-state index contributed by atoms with van der Waals surface area (Å²) in [6, 6.07) is 0. The van der Waals surface area contributed by atoms with Crippen molar-refractivity contribution in [3.63, 3.8) is 0 Å². The van der Waals surface area contributed by atoms with E-state index in [1.54, 1.807) is 0 Å². The summed E-state index contributed by atoms with van der Waals surface area (Å²) in [6.45, 7) is 0. The molecule has 0 aliphatic rings. The number of hydrogen-bond donors (Lipinski definition) is 3. The second-order valence-corrected chi connectivity index (χ2v) is 1.78. The van der Waals surface area contributed by atoms with Crippen LogP contribution in [-0.2, 0) is 45.8 Å². The second-order valence-electron chi connectivity index (χ2n) is 1.78. The maximum atomic E-state index is 9.04. The van der Waals surface area contributed by atoms with E-state index in [1.807, 2.05) is 0 Å². The minimum atomic E-state index is -2.07. The fraction of sp³-hybridized carbons (Fsp3) is 0. The molecule has 1 radical (unpaired) electrons. The topological polar surface area (TPSA) is 232 Å². The molecule has 0 heterocycles. The number of aliphatic carboxylic acids is 6. The number of carboxylic acids is 6. The molecule has 0 fully saturated rings. The average Bonchev–Trinajstić information content (AvgIpc) is 2.18. The third-order valence-electron chi connectivity index (χ3n) is 0.524. The van der Waals surface area contributed by atoms with Crippen molar-refractivity contribution in [2.24, 2.45) is 0 Å². The van der Waals surface area contributed by atoms with Crippen LogP contribution in [0.4, 0.5) is 0 Å². The summed E-state index contributed by atoms with van der Waals surface area (Å²) in [5, 5.41) is 49.0. The molecule has 19 heavy (non-hydrogen) atoms. The fourth-order valence-corrected chi connectivity index (χ4v) is 0. The molecule has 0 atom stereocenters. The van der Waals surface area contributed by atoms with Crippen LogP contribution < -0.4 is 15.3 Å². The molecule has 0 rings (SSSR count). The maximum absolute atomic E-state index is 9.04. The molecule has 0 aromatic carbocycles.